The molecule has 0 bridgehead atoms. The van der Waals surface area contributed by atoms with E-state index in [4.69, 9.17) is 9.97 Å². The van der Waals surface area contributed by atoms with Gasteiger partial charge in [0.05, 0.1) is 28.1 Å². The third kappa shape index (κ3) is 4.18. The second-order valence-electron chi connectivity index (χ2n) is 14.7. The number of nitrogens with zero attached hydrogens (tertiary/aromatic N) is 4. The Bertz CT molecular complexity index is 2540. The standard InChI is InChI=1S/C46H40N4/c1-7-14-39-29(2)45(3,4)36-15-8-11-18-40(36)49(39)30-21-23-32-34(27-30)35-28-31(22-24-33(35)44-43(32)47-25-26-48-44)50-41-19-12-9-16-37(41)46(5,6)38-17-10-13-20-42(38)50/h7-28H,1-6H3/b14-7-. The largest absolute Gasteiger partial charge is 0.310 e. The van der Waals surface area contributed by atoms with Gasteiger partial charge >= 0.3 is 0 Å². The van der Waals surface area contributed by atoms with Crippen molar-refractivity contribution in [3.05, 3.63) is 162 Å². The molecule has 50 heavy (non-hydrogen) atoms. The van der Waals surface area contributed by atoms with Gasteiger partial charge in [-0.15, -0.1) is 0 Å². The Hall–Kier alpha value is -5.74. The van der Waals surface area contributed by atoms with Crippen molar-refractivity contribution in [2.45, 2.75) is 52.4 Å². The fourth-order valence-electron chi connectivity index (χ4n) is 8.53. The average Bonchev–Trinajstić information content (AvgIpc) is 3.14. The van der Waals surface area contributed by atoms with Gasteiger partial charge in [-0.05, 0) is 95.4 Å². The van der Waals surface area contributed by atoms with Crippen LogP contribution in [0.25, 0.3) is 32.6 Å². The molecule has 0 fully saturated rings. The van der Waals surface area contributed by atoms with E-state index in [0.29, 0.717) is 0 Å². The number of allylic oxidation sites excluding steroid dienone is 3. The van der Waals surface area contributed by atoms with Gasteiger partial charge in [0.1, 0.15) is 0 Å². The number of para-hydroxylation sites is 3. The highest BCUT2D eigenvalue weighted by atomic mass is 15.2. The number of hydrogen-bond donors (Lipinski definition) is 0. The molecule has 9 rings (SSSR count). The van der Waals surface area contributed by atoms with Crippen molar-refractivity contribution in [1.82, 2.24) is 9.97 Å². The summed E-state index contributed by atoms with van der Waals surface area (Å²) in [6.07, 6.45) is 8.01. The number of benzene rings is 6. The summed E-state index contributed by atoms with van der Waals surface area (Å²) >= 11 is 0. The summed E-state index contributed by atoms with van der Waals surface area (Å²) in [6.45, 7) is 13.7. The van der Waals surface area contributed by atoms with Crippen LogP contribution in [0.1, 0.15) is 58.2 Å². The highest BCUT2D eigenvalue weighted by Crippen LogP contribution is 2.53. The summed E-state index contributed by atoms with van der Waals surface area (Å²) in [5.41, 5.74) is 14.0. The molecule has 7 aromatic rings. The Kier molecular flexibility index (Phi) is 6.60. The van der Waals surface area contributed by atoms with E-state index in [9.17, 15) is 0 Å². The Morgan fingerprint density at radius 1 is 0.520 bits per heavy atom. The van der Waals surface area contributed by atoms with Gasteiger partial charge in [-0.25, -0.2) is 0 Å². The summed E-state index contributed by atoms with van der Waals surface area (Å²) in [4.78, 5) is 14.7. The zero-order valence-corrected chi connectivity index (χ0v) is 29.5. The highest BCUT2D eigenvalue weighted by Gasteiger charge is 2.37. The van der Waals surface area contributed by atoms with Crippen LogP contribution in [-0.4, -0.2) is 9.97 Å². The first-order valence-electron chi connectivity index (χ1n) is 17.5. The van der Waals surface area contributed by atoms with Crippen LogP contribution < -0.4 is 9.80 Å². The molecular formula is C46H40N4. The lowest BCUT2D eigenvalue weighted by atomic mass is 9.73. The maximum absolute atomic E-state index is 4.89. The lowest BCUT2D eigenvalue weighted by Crippen LogP contribution is -2.32. The molecular weight excluding hydrogens is 609 g/mol. The maximum atomic E-state index is 4.89. The predicted molar refractivity (Wildman–Crippen MR) is 210 cm³/mol. The van der Waals surface area contributed by atoms with Crippen LogP contribution in [0.4, 0.5) is 28.4 Å². The molecule has 0 aliphatic carbocycles. The van der Waals surface area contributed by atoms with Crippen molar-refractivity contribution in [1.29, 1.82) is 0 Å². The SMILES string of the molecule is C/C=C\C1=C(C)C(C)(C)c2ccccc2N1c1ccc2c(c1)c1cc(N3c4ccccc4C(C)(C)c4ccccc43)ccc1c1nccnc21. The molecule has 0 N–H and O–H groups in total. The summed E-state index contributed by atoms with van der Waals surface area (Å²) in [6, 6.07) is 40.2. The summed E-state index contributed by atoms with van der Waals surface area (Å²) in [5, 5.41) is 4.51. The minimum absolute atomic E-state index is 0.0955. The number of aromatic nitrogens is 2. The second kappa shape index (κ2) is 10.9. The lowest BCUT2D eigenvalue weighted by molar-refractivity contribution is 0.605. The molecule has 0 radical (unpaired) electrons. The summed E-state index contributed by atoms with van der Waals surface area (Å²) < 4.78 is 0. The first kappa shape index (κ1) is 30.3. The number of rotatable bonds is 3. The smallest absolute Gasteiger partial charge is 0.0971 e. The molecule has 6 aromatic carbocycles. The van der Waals surface area contributed by atoms with Crippen LogP contribution in [0.15, 0.2) is 145 Å². The van der Waals surface area contributed by atoms with Gasteiger partial charge in [0.15, 0.2) is 0 Å². The van der Waals surface area contributed by atoms with Crippen molar-refractivity contribution < 1.29 is 0 Å². The van der Waals surface area contributed by atoms with Gasteiger partial charge in [-0.2, -0.15) is 0 Å². The van der Waals surface area contributed by atoms with Crippen molar-refractivity contribution in [3.63, 3.8) is 0 Å². The molecule has 0 amide bonds. The fourth-order valence-corrected chi connectivity index (χ4v) is 8.53. The molecule has 1 aromatic heterocycles. The van der Waals surface area contributed by atoms with Crippen molar-refractivity contribution in [2.75, 3.05) is 9.80 Å². The van der Waals surface area contributed by atoms with E-state index < -0.39 is 0 Å². The highest BCUT2D eigenvalue weighted by molar-refractivity contribution is 6.24. The van der Waals surface area contributed by atoms with E-state index >= 15 is 0 Å². The first-order chi connectivity index (χ1) is 24.2. The van der Waals surface area contributed by atoms with Crippen LogP contribution >= 0.6 is 0 Å². The molecule has 2 aliphatic rings. The van der Waals surface area contributed by atoms with E-state index in [-0.39, 0.29) is 10.8 Å². The Morgan fingerprint density at radius 3 is 1.46 bits per heavy atom. The normalized spacial score (nSPS) is 16.3. The minimum atomic E-state index is -0.122. The van der Waals surface area contributed by atoms with Crippen molar-refractivity contribution >= 4 is 61.0 Å². The van der Waals surface area contributed by atoms with E-state index in [0.717, 1.165) is 44.0 Å². The van der Waals surface area contributed by atoms with E-state index in [1.54, 1.807) is 12.4 Å². The lowest BCUT2D eigenvalue weighted by Gasteiger charge is -2.42. The van der Waals surface area contributed by atoms with Gasteiger partial charge in [0.25, 0.3) is 0 Å². The van der Waals surface area contributed by atoms with E-state index in [2.05, 4.69) is 173 Å². The van der Waals surface area contributed by atoms with Crippen molar-refractivity contribution in [3.8, 4) is 0 Å². The topological polar surface area (TPSA) is 32.3 Å². The van der Waals surface area contributed by atoms with Crippen LogP contribution in [0.3, 0.4) is 0 Å². The fraction of sp³-hybridized carbons (Fsp3) is 0.174. The molecule has 0 atom stereocenters. The molecule has 244 valence electrons. The number of anilines is 5. The molecule has 2 aliphatic heterocycles. The van der Waals surface area contributed by atoms with Gasteiger partial charge in [-0.1, -0.05) is 101 Å². The van der Waals surface area contributed by atoms with Crippen LogP contribution in [0.2, 0.25) is 0 Å². The Labute approximate surface area is 294 Å². The molecule has 0 saturated carbocycles. The van der Waals surface area contributed by atoms with Gasteiger partial charge in [0.2, 0.25) is 0 Å². The average molecular weight is 649 g/mol. The van der Waals surface area contributed by atoms with Crippen LogP contribution in [-0.2, 0) is 10.8 Å². The zero-order chi connectivity index (χ0) is 34.4. The molecule has 3 heterocycles. The summed E-state index contributed by atoms with van der Waals surface area (Å²) in [7, 11) is 0. The third-order valence-corrected chi connectivity index (χ3v) is 11.4. The number of hydrogen-bond acceptors (Lipinski definition) is 4. The molecule has 0 spiro atoms. The third-order valence-electron chi connectivity index (χ3n) is 11.4. The quantitative estimate of drug-likeness (QED) is 0.179. The minimum Gasteiger partial charge on any atom is -0.310 e. The summed E-state index contributed by atoms with van der Waals surface area (Å²) in [5.74, 6) is 0. The predicted octanol–water partition coefficient (Wildman–Crippen LogP) is 12.3. The van der Waals surface area contributed by atoms with Gasteiger partial charge in [-0.3, -0.25) is 9.97 Å². The monoisotopic (exact) mass is 648 g/mol. The first-order valence-corrected chi connectivity index (χ1v) is 17.5. The van der Waals surface area contributed by atoms with Gasteiger partial charge < -0.3 is 9.80 Å². The maximum Gasteiger partial charge on any atom is 0.0971 e. The van der Waals surface area contributed by atoms with Crippen molar-refractivity contribution in [2.24, 2.45) is 0 Å². The second-order valence-corrected chi connectivity index (χ2v) is 14.7. The molecule has 4 nitrogen and oxygen atoms in total. The Balaban J connectivity index is 1.34. The molecule has 0 unspecified atom stereocenters. The molecule has 4 heteroatoms. The van der Waals surface area contributed by atoms with Crippen LogP contribution in [0.5, 0.6) is 0 Å². The zero-order valence-electron chi connectivity index (χ0n) is 29.5. The molecule has 0 saturated heterocycles. The van der Waals surface area contributed by atoms with Crippen LogP contribution in [0, 0.1) is 0 Å². The van der Waals surface area contributed by atoms with Gasteiger partial charge in [0, 0.05) is 51.1 Å². The van der Waals surface area contributed by atoms with E-state index in [1.165, 1.54) is 45.0 Å². The van der Waals surface area contributed by atoms with E-state index in [1.807, 2.05) is 0 Å². The number of fused-ring (bicyclic) bond motifs is 9. The Morgan fingerprint density at radius 2 is 0.960 bits per heavy atom.